The first kappa shape index (κ1) is 24.5. The Morgan fingerprint density at radius 2 is 1.87 bits per heavy atom. The van der Waals surface area contributed by atoms with Crippen LogP contribution < -0.4 is 10.1 Å². The molecule has 0 bridgehead atoms. The molecule has 0 amide bonds. The number of benzene rings is 3. The summed E-state index contributed by atoms with van der Waals surface area (Å²) < 4.78 is 7.73. The lowest BCUT2D eigenvalue weighted by molar-refractivity contribution is 0.101. The summed E-state index contributed by atoms with van der Waals surface area (Å²) in [5, 5.41) is 7.59. The lowest BCUT2D eigenvalue weighted by Gasteiger charge is -2.13. The fourth-order valence-corrected chi connectivity index (χ4v) is 4.25. The van der Waals surface area contributed by atoms with Crippen molar-refractivity contribution in [2.24, 2.45) is 0 Å². The number of H-pyrrole nitrogens is 1. The molecule has 0 unspecified atom stereocenters. The van der Waals surface area contributed by atoms with Gasteiger partial charge in [0.25, 0.3) is 0 Å². The van der Waals surface area contributed by atoms with E-state index in [4.69, 9.17) is 4.74 Å². The van der Waals surface area contributed by atoms with Crippen molar-refractivity contribution in [3.05, 3.63) is 94.9 Å². The van der Waals surface area contributed by atoms with Crippen LogP contribution in [0.3, 0.4) is 0 Å². The molecule has 2 aromatic heterocycles. The van der Waals surface area contributed by atoms with Gasteiger partial charge in [-0.2, -0.15) is 5.10 Å². The second-order valence-electron chi connectivity index (χ2n) is 8.72. The van der Waals surface area contributed by atoms with E-state index < -0.39 is 0 Å². The van der Waals surface area contributed by atoms with Crippen molar-refractivity contribution in [3.8, 4) is 29.0 Å². The van der Waals surface area contributed by atoms with E-state index in [-0.39, 0.29) is 17.4 Å². The number of aryl methyl sites for hydroxylation is 1. The number of nitrogens with one attached hydrogen (secondary N) is 2. The fraction of sp³-hybridized carbons (Fsp3) is 0.133. The number of carbonyl (C=O) groups is 2. The number of hydrogen-bond acceptors (Lipinski definition) is 6. The van der Waals surface area contributed by atoms with Crippen LogP contribution in [0.4, 0.5) is 5.82 Å². The van der Waals surface area contributed by atoms with E-state index >= 15 is 0 Å². The van der Waals surface area contributed by atoms with Crippen molar-refractivity contribution < 1.29 is 14.3 Å². The van der Waals surface area contributed by atoms with Crippen molar-refractivity contribution in [2.75, 3.05) is 12.4 Å². The van der Waals surface area contributed by atoms with E-state index in [1.165, 1.54) is 13.1 Å². The fourth-order valence-electron chi connectivity index (χ4n) is 4.25. The van der Waals surface area contributed by atoms with E-state index in [0.29, 0.717) is 39.5 Å². The summed E-state index contributed by atoms with van der Waals surface area (Å²) in [6.07, 6.45) is 1.52. The molecule has 0 fully saturated rings. The minimum Gasteiger partial charge on any atom is -0.457 e. The maximum atomic E-state index is 13.4. The van der Waals surface area contributed by atoms with Gasteiger partial charge < -0.3 is 15.0 Å². The maximum Gasteiger partial charge on any atom is 0.233 e. The Bertz CT molecular complexity index is 1770. The molecule has 0 radical (unpaired) electrons. The highest BCUT2D eigenvalue weighted by Crippen LogP contribution is 2.29. The van der Waals surface area contributed by atoms with Crippen molar-refractivity contribution in [1.29, 1.82) is 0 Å². The Hall–Kier alpha value is -5.16. The number of carbonyl (C=O) groups excluding carboxylic acids is 2. The molecular formula is C30H25N5O3. The van der Waals surface area contributed by atoms with Crippen LogP contribution in [0.1, 0.15) is 51.5 Å². The lowest BCUT2D eigenvalue weighted by Crippen LogP contribution is -2.09. The smallest absolute Gasteiger partial charge is 0.233 e. The van der Waals surface area contributed by atoms with Crippen LogP contribution in [-0.4, -0.2) is 38.4 Å². The average molecular weight is 504 g/mol. The number of fused-ring (bicyclic) bond motifs is 1. The monoisotopic (exact) mass is 503 g/mol. The average Bonchev–Trinajstić information content (AvgIpc) is 3.52. The van der Waals surface area contributed by atoms with Crippen LogP contribution in [-0.2, 0) is 0 Å². The van der Waals surface area contributed by atoms with Gasteiger partial charge in [0.2, 0.25) is 5.78 Å². The van der Waals surface area contributed by atoms with Gasteiger partial charge in [-0.3, -0.25) is 9.59 Å². The van der Waals surface area contributed by atoms with Gasteiger partial charge in [0, 0.05) is 18.2 Å². The number of rotatable bonds is 7. The molecule has 5 aromatic rings. The molecule has 38 heavy (non-hydrogen) atoms. The number of ether oxygens (including phenoxy) is 1. The third-order valence-corrected chi connectivity index (χ3v) is 6.09. The van der Waals surface area contributed by atoms with Crippen LogP contribution in [0.25, 0.3) is 16.7 Å². The first-order valence-electron chi connectivity index (χ1n) is 12.0. The quantitative estimate of drug-likeness (QED) is 0.218. The molecule has 188 valence electrons. The number of Topliss-reactive ketones (excluding diaryl/α,β-unsaturated/α-hetero) is 1. The molecule has 0 atom stereocenters. The highest BCUT2D eigenvalue weighted by molar-refractivity contribution is 6.11. The third-order valence-electron chi connectivity index (χ3n) is 6.09. The Morgan fingerprint density at radius 3 is 2.61 bits per heavy atom. The van der Waals surface area contributed by atoms with E-state index in [9.17, 15) is 9.59 Å². The first-order chi connectivity index (χ1) is 18.4. The van der Waals surface area contributed by atoms with Gasteiger partial charge in [0.05, 0.1) is 28.5 Å². The zero-order chi connectivity index (χ0) is 26.8. The highest BCUT2D eigenvalue weighted by Gasteiger charge is 2.23. The van der Waals surface area contributed by atoms with Crippen LogP contribution >= 0.6 is 0 Å². The Morgan fingerprint density at radius 1 is 1.05 bits per heavy atom. The predicted molar refractivity (Wildman–Crippen MR) is 146 cm³/mol. The van der Waals surface area contributed by atoms with Gasteiger partial charge in [-0.15, -0.1) is 5.92 Å². The largest absolute Gasteiger partial charge is 0.457 e. The standard InChI is InChI=1S/C30H25N5O3/c1-5-7-20-8-6-9-22(15-20)38-23-11-13-27(18(2)14-23)35-30(31-4)24(17-32-35)28(37)29-33-25-12-10-21(19(3)36)16-26(25)34-29/h6,8-17,31H,1-4H3,(H,33,34). The zero-order valence-corrected chi connectivity index (χ0v) is 21.4. The number of aromatic amines is 1. The van der Waals surface area contributed by atoms with Gasteiger partial charge in [-0.25, -0.2) is 9.67 Å². The summed E-state index contributed by atoms with van der Waals surface area (Å²) in [5.41, 5.74) is 4.73. The van der Waals surface area contributed by atoms with Crippen LogP contribution in [0.2, 0.25) is 0 Å². The second kappa shape index (κ2) is 10.1. The normalized spacial score (nSPS) is 10.6. The van der Waals surface area contributed by atoms with Gasteiger partial charge in [-0.05, 0) is 80.9 Å². The van der Waals surface area contributed by atoms with Crippen LogP contribution in [0, 0.1) is 18.8 Å². The molecule has 2 N–H and O–H groups in total. The molecule has 8 heteroatoms. The minimum absolute atomic E-state index is 0.0563. The van der Waals surface area contributed by atoms with Crippen molar-refractivity contribution in [2.45, 2.75) is 20.8 Å². The van der Waals surface area contributed by atoms with Crippen LogP contribution in [0.5, 0.6) is 11.5 Å². The molecule has 3 aromatic carbocycles. The summed E-state index contributed by atoms with van der Waals surface area (Å²) in [5.74, 6) is 7.63. The Labute approximate surface area is 219 Å². The molecule has 8 nitrogen and oxygen atoms in total. The van der Waals surface area contributed by atoms with Crippen molar-refractivity contribution in [1.82, 2.24) is 19.7 Å². The molecule has 0 aliphatic heterocycles. The summed E-state index contributed by atoms with van der Waals surface area (Å²) >= 11 is 0. The van der Waals surface area contributed by atoms with Gasteiger partial charge in [0.15, 0.2) is 11.6 Å². The minimum atomic E-state index is -0.311. The first-order valence-corrected chi connectivity index (χ1v) is 12.0. The topological polar surface area (TPSA) is 102 Å². The summed E-state index contributed by atoms with van der Waals surface area (Å²) in [4.78, 5) is 32.6. The van der Waals surface area contributed by atoms with Crippen LogP contribution in [0.15, 0.2) is 66.9 Å². The molecule has 5 rings (SSSR count). The summed E-state index contributed by atoms with van der Waals surface area (Å²) in [6.45, 7) is 5.25. The van der Waals surface area contributed by atoms with Gasteiger partial charge in [-0.1, -0.05) is 12.0 Å². The van der Waals surface area contributed by atoms with E-state index in [0.717, 1.165) is 16.8 Å². The van der Waals surface area contributed by atoms with E-state index in [1.54, 1.807) is 36.9 Å². The van der Waals surface area contributed by atoms with Gasteiger partial charge >= 0.3 is 0 Å². The zero-order valence-electron chi connectivity index (χ0n) is 21.4. The molecule has 0 aliphatic carbocycles. The second-order valence-corrected chi connectivity index (χ2v) is 8.72. The number of hydrogen-bond donors (Lipinski definition) is 2. The number of imidazole rings is 1. The number of anilines is 1. The molecule has 2 heterocycles. The summed E-state index contributed by atoms with van der Waals surface area (Å²) in [7, 11) is 1.74. The maximum absolute atomic E-state index is 13.4. The van der Waals surface area contributed by atoms with Crippen molar-refractivity contribution in [3.63, 3.8) is 0 Å². The van der Waals surface area contributed by atoms with E-state index in [1.807, 2.05) is 49.4 Å². The number of ketones is 2. The third kappa shape index (κ3) is 4.65. The molecule has 0 spiro atoms. The van der Waals surface area contributed by atoms with Crippen molar-refractivity contribution >= 4 is 28.4 Å². The van der Waals surface area contributed by atoms with E-state index in [2.05, 4.69) is 32.2 Å². The molecule has 0 saturated carbocycles. The molecule has 0 aliphatic rings. The SMILES string of the molecule is CC#Cc1cccc(Oc2ccc(-n3ncc(C(=O)c4nc5ccc(C(C)=O)cc5[nH]4)c3NC)c(C)c2)c1. The number of nitrogens with zero attached hydrogens (tertiary/aromatic N) is 3. The summed E-state index contributed by atoms with van der Waals surface area (Å²) in [6, 6.07) is 18.4. The Kier molecular flexibility index (Phi) is 6.50. The van der Waals surface area contributed by atoms with Gasteiger partial charge in [0.1, 0.15) is 17.3 Å². The lowest BCUT2D eigenvalue weighted by atomic mass is 10.1. The predicted octanol–water partition coefficient (Wildman–Crippen LogP) is 5.70. The molecular weight excluding hydrogens is 478 g/mol. The Balaban J connectivity index is 1.44. The molecule has 0 saturated heterocycles. The number of aromatic nitrogens is 4. The highest BCUT2D eigenvalue weighted by atomic mass is 16.5.